The van der Waals surface area contributed by atoms with Crippen molar-refractivity contribution >= 4 is 17.1 Å². The third-order valence-electron chi connectivity index (χ3n) is 2.65. The number of benzene rings is 1. The summed E-state index contributed by atoms with van der Waals surface area (Å²) in [6, 6.07) is 10.5. The summed E-state index contributed by atoms with van der Waals surface area (Å²) in [5, 5.41) is 0. The lowest BCUT2D eigenvalue weighted by molar-refractivity contribution is 0.612. The molecule has 1 aliphatic heterocycles. The Hall–Kier alpha value is -0.930. The Morgan fingerprint density at radius 1 is 1.29 bits per heavy atom. The Morgan fingerprint density at radius 2 is 1.94 bits per heavy atom. The minimum atomic E-state index is -0.884. The molecule has 2 rings (SSSR count). The van der Waals surface area contributed by atoms with Gasteiger partial charge < -0.3 is 0 Å². The van der Waals surface area contributed by atoms with Crippen LogP contribution in [-0.2, 0) is 11.0 Å². The van der Waals surface area contributed by atoms with Gasteiger partial charge in [0.15, 0.2) is 0 Å². The zero-order chi connectivity index (χ0) is 12.5. The molecule has 0 saturated carbocycles. The molecule has 3 atom stereocenters. The zero-order valence-electron chi connectivity index (χ0n) is 10.6. The highest BCUT2D eigenvalue weighted by atomic mass is 32.2. The quantitative estimate of drug-likeness (QED) is 0.754. The van der Waals surface area contributed by atoms with Crippen LogP contribution >= 0.6 is 0 Å². The summed E-state index contributed by atoms with van der Waals surface area (Å²) >= 11 is 0. The van der Waals surface area contributed by atoms with Crippen LogP contribution in [-0.4, -0.2) is 25.8 Å². The second-order valence-electron chi connectivity index (χ2n) is 5.30. The van der Waals surface area contributed by atoms with Crippen LogP contribution in [0.5, 0.6) is 0 Å². The van der Waals surface area contributed by atoms with Crippen LogP contribution in [0.4, 0.5) is 0 Å². The standard InChI is InChI=1S/C14H19NOS/c1-14(2,3)17(16)15-11-13(15)10-9-12-7-5-4-6-8-12/h4-10,13H,11H2,1-3H3/b10-9+/t13-,15?,17-/m1/s1. The van der Waals surface area contributed by atoms with Gasteiger partial charge in [-0.1, -0.05) is 42.5 Å². The molecular formula is C14H19NOS. The van der Waals surface area contributed by atoms with E-state index in [1.807, 2.05) is 43.3 Å². The smallest absolute Gasteiger partial charge is 0.100 e. The van der Waals surface area contributed by atoms with Crippen LogP contribution in [0.3, 0.4) is 0 Å². The predicted molar refractivity (Wildman–Crippen MR) is 73.9 cm³/mol. The highest BCUT2D eigenvalue weighted by molar-refractivity contribution is 7.84. The molecule has 0 aromatic heterocycles. The molecular weight excluding hydrogens is 230 g/mol. The van der Waals surface area contributed by atoms with Gasteiger partial charge in [0.05, 0.1) is 10.8 Å². The molecule has 0 aliphatic carbocycles. The van der Waals surface area contributed by atoms with Gasteiger partial charge in [-0.25, -0.2) is 8.51 Å². The maximum absolute atomic E-state index is 12.1. The van der Waals surface area contributed by atoms with E-state index in [9.17, 15) is 4.21 Å². The summed E-state index contributed by atoms with van der Waals surface area (Å²) in [4.78, 5) is 0. The maximum atomic E-state index is 12.1. The van der Waals surface area contributed by atoms with E-state index in [0.29, 0.717) is 6.04 Å². The molecule has 1 heterocycles. The fraction of sp³-hybridized carbons (Fsp3) is 0.429. The Balaban J connectivity index is 1.93. The summed E-state index contributed by atoms with van der Waals surface area (Å²) < 4.78 is 13.9. The Morgan fingerprint density at radius 3 is 2.53 bits per heavy atom. The van der Waals surface area contributed by atoms with E-state index in [-0.39, 0.29) is 4.75 Å². The van der Waals surface area contributed by atoms with Crippen molar-refractivity contribution in [3.63, 3.8) is 0 Å². The Labute approximate surface area is 106 Å². The van der Waals surface area contributed by atoms with Crippen molar-refractivity contribution in [1.29, 1.82) is 0 Å². The molecule has 1 unspecified atom stereocenters. The van der Waals surface area contributed by atoms with Crippen molar-refractivity contribution in [2.24, 2.45) is 0 Å². The van der Waals surface area contributed by atoms with Gasteiger partial charge in [0.25, 0.3) is 0 Å². The molecule has 1 aromatic carbocycles. The highest BCUT2D eigenvalue weighted by Crippen LogP contribution is 2.28. The second kappa shape index (κ2) is 4.75. The Kier molecular flexibility index (Phi) is 3.50. The number of rotatable bonds is 3. The van der Waals surface area contributed by atoms with Gasteiger partial charge in [-0.3, -0.25) is 0 Å². The largest absolute Gasteiger partial charge is 0.242 e. The van der Waals surface area contributed by atoms with Gasteiger partial charge >= 0.3 is 0 Å². The first-order valence-electron chi connectivity index (χ1n) is 5.90. The van der Waals surface area contributed by atoms with E-state index < -0.39 is 11.0 Å². The van der Waals surface area contributed by atoms with Crippen molar-refractivity contribution in [2.45, 2.75) is 31.6 Å². The summed E-state index contributed by atoms with van der Waals surface area (Å²) in [6.07, 6.45) is 4.24. The lowest BCUT2D eigenvalue weighted by atomic mass is 10.2. The van der Waals surface area contributed by atoms with Crippen LogP contribution in [0.1, 0.15) is 26.3 Å². The number of nitrogens with zero attached hydrogens (tertiary/aromatic N) is 1. The summed E-state index contributed by atoms with van der Waals surface area (Å²) in [5.41, 5.74) is 1.20. The first-order valence-corrected chi connectivity index (χ1v) is 7.01. The van der Waals surface area contributed by atoms with Gasteiger partial charge in [0, 0.05) is 6.54 Å². The molecule has 1 aliphatic rings. The average Bonchev–Trinajstić information content (AvgIpc) is 3.05. The van der Waals surface area contributed by atoms with Crippen LogP contribution in [0.25, 0.3) is 6.08 Å². The molecule has 1 aromatic rings. The predicted octanol–water partition coefficient (Wildman–Crippen LogP) is 2.85. The molecule has 1 fully saturated rings. The maximum Gasteiger partial charge on any atom is 0.100 e. The third-order valence-corrected chi connectivity index (χ3v) is 4.54. The average molecular weight is 249 g/mol. The summed E-state index contributed by atoms with van der Waals surface area (Å²) in [7, 11) is -0.884. The van der Waals surface area contributed by atoms with Crippen molar-refractivity contribution in [3.8, 4) is 0 Å². The number of hydrogen-bond donors (Lipinski definition) is 0. The van der Waals surface area contributed by atoms with E-state index in [0.717, 1.165) is 6.54 Å². The van der Waals surface area contributed by atoms with E-state index in [2.05, 4.69) is 24.3 Å². The van der Waals surface area contributed by atoms with Crippen LogP contribution in [0.2, 0.25) is 0 Å². The fourth-order valence-corrected chi connectivity index (χ4v) is 2.93. The molecule has 2 nitrogen and oxygen atoms in total. The molecule has 3 heteroatoms. The fourth-order valence-electron chi connectivity index (χ4n) is 1.62. The first kappa shape index (κ1) is 12.5. The first-order chi connectivity index (χ1) is 7.98. The van der Waals surface area contributed by atoms with E-state index >= 15 is 0 Å². The molecule has 92 valence electrons. The highest BCUT2D eigenvalue weighted by Gasteiger charge is 2.41. The zero-order valence-corrected chi connectivity index (χ0v) is 11.4. The molecule has 0 spiro atoms. The van der Waals surface area contributed by atoms with Gasteiger partial charge in [-0.05, 0) is 26.3 Å². The van der Waals surface area contributed by atoms with Gasteiger partial charge in [0.1, 0.15) is 11.0 Å². The molecule has 0 amide bonds. The number of hydrogen-bond acceptors (Lipinski definition) is 1. The van der Waals surface area contributed by atoms with E-state index in [1.54, 1.807) is 0 Å². The van der Waals surface area contributed by atoms with Crippen molar-refractivity contribution in [1.82, 2.24) is 4.31 Å². The molecule has 0 radical (unpaired) electrons. The molecule has 0 bridgehead atoms. The lowest BCUT2D eigenvalue weighted by Crippen LogP contribution is -2.27. The normalized spacial score (nSPS) is 26.1. The molecule has 17 heavy (non-hydrogen) atoms. The molecule has 1 saturated heterocycles. The monoisotopic (exact) mass is 249 g/mol. The topological polar surface area (TPSA) is 20.1 Å². The van der Waals surface area contributed by atoms with Crippen molar-refractivity contribution in [3.05, 3.63) is 42.0 Å². The molecule has 0 N–H and O–H groups in total. The van der Waals surface area contributed by atoms with Crippen molar-refractivity contribution < 1.29 is 4.21 Å². The van der Waals surface area contributed by atoms with Gasteiger partial charge in [-0.2, -0.15) is 0 Å². The minimum absolute atomic E-state index is 0.157. The SMILES string of the molecule is CC(C)(C)[S@@](=O)N1C[C@H]1/C=C/c1ccccc1. The van der Waals surface area contributed by atoms with E-state index in [4.69, 9.17) is 0 Å². The van der Waals surface area contributed by atoms with Crippen LogP contribution < -0.4 is 0 Å². The Bertz CT molecular complexity index is 433. The van der Waals surface area contributed by atoms with E-state index in [1.165, 1.54) is 5.56 Å². The second-order valence-corrected chi connectivity index (χ2v) is 7.49. The van der Waals surface area contributed by atoms with Crippen LogP contribution in [0.15, 0.2) is 36.4 Å². The summed E-state index contributed by atoms with van der Waals surface area (Å²) in [6.45, 7) is 6.95. The lowest BCUT2D eigenvalue weighted by Gasteiger charge is -2.17. The third kappa shape index (κ3) is 3.27. The minimum Gasteiger partial charge on any atom is -0.242 e. The van der Waals surface area contributed by atoms with Gasteiger partial charge in [0.2, 0.25) is 0 Å². The van der Waals surface area contributed by atoms with Gasteiger partial charge in [-0.15, -0.1) is 0 Å². The summed E-state index contributed by atoms with van der Waals surface area (Å²) in [5.74, 6) is 0. The van der Waals surface area contributed by atoms with Crippen molar-refractivity contribution in [2.75, 3.05) is 6.54 Å². The van der Waals surface area contributed by atoms with Crippen LogP contribution in [0, 0.1) is 0 Å².